The smallest absolute Gasteiger partial charge is 0.314 e. The van der Waals surface area contributed by atoms with Gasteiger partial charge in [-0.25, -0.2) is 0 Å². The molecule has 3 rings (SSSR count). The van der Waals surface area contributed by atoms with Crippen LogP contribution >= 0.6 is 0 Å². The van der Waals surface area contributed by atoms with Crippen molar-refractivity contribution in [2.75, 3.05) is 6.61 Å². The Kier molecular flexibility index (Phi) is 3.53. The predicted molar refractivity (Wildman–Crippen MR) is 77.7 cm³/mol. The van der Waals surface area contributed by atoms with E-state index in [1.54, 1.807) is 19.1 Å². The Morgan fingerprint density at radius 2 is 2.14 bits per heavy atom. The number of fused-ring (bicyclic) bond motifs is 2. The molecule has 4 heteroatoms. The molecule has 0 aliphatic heterocycles. The summed E-state index contributed by atoms with van der Waals surface area (Å²) >= 11 is 0. The molecule has 0 amide bonds. The molecule has 2 aliphatic carbocycles. The topological polar surface area (TPSA) is 63.6 Å². The molecule has 4 nitrogen and oxygen atoms in total. The summed E-state index contributed by atoms with van der Waals surface area (Å²) in [5.74, 6) is -1.07. The monoisotopic (exact) mass is 286 g/mol. The minimum atomic E-state index is -0.490. The molecule has 1 aromatic carbocycles. The molecule has 1 N–H and O–H groups in total. The number of rotatable bonds is 2. The summed E-state index contributed by atoms with van der Waals surface area (Å²) in [4.78, 5) is 24.6. The number of hydrogen-bond donors (Lipinski definition) is 1. The van der Waals surface area contributed by atoms with E-state index in [4.69, 9.17) is 4.74 Å². The SMILES string of the molecule is CCOC(=O)[C@H]1c2ccccc2C(O)=C2C(=O)CCC[C@@H]21. The maximum Gasteiger partial charge on any atom is 0.314 e. The summed E-state index contributed by atoms with van der Waals surface area (Å²) in [5.41, 5.74) is 1.76. The zero-order chi connectivity index (χ0) is 15.0. The molecule has 1 fully saturated rings. The molecular weight excluding hydrogens is 268 g/mol. The molecule has 0 saturated heterocycles. The highest BCUT2D eigenvalue weighted by molar-refractivity contribution is 6.05. The maximum atomic E-state index is 12.4. The van der Waals surface area contributed by atoms with Crippen molar-refractivity contribution in [3.8, 4) is 0 Å². The first-order valence-electron chi connectivity index (χ1n) is 7.37. The quantitative estimate of drug-likeness (QED) is 0.849. The van der Waals surface area contributed by atoms with Gasteiger partial charge in [0.1, 0.15) is 5.76 Å². The first kappa shape index (κ1) is 13.9. The molecule has 110 valence electrons. The van der Waals surface area contributed by atoms with Crippen molar-refractivity contribution >= 4 is 17.5 Å². The van der Waals surface area contributed by atoms with Gasteiger partial charge in [0.05, 0.1) is 12.5 Å². The van der Waals surface area contributed by atoms with Gasteiger partial charge in [-0.15, -0.1) is 0 Å². The Labute approximate surface area is 123 Å². The van der Waals surface area contributed by atoms with Crippen LogP contribution in [0, 0.1) is 5.92 Å². The van der Waals surface area contributed by atoms with Gasteiger partial charge in [0.25, 0.3) is 0 Å². The van der Waals surface area contributed by atoms with Crippen LogP contribution in [0.1, 0.15) is 43.2 Å². The molecule has 0 bridgehead atoms. The Morgan fingerprint density at radius 3 is 2.90 bits per heavy atom. The summed E-state index contributed by atoms with van der Waals surface area (Å²) in [6.07, 6.45) is 1.91. The number of ether oxygens (including phenoxy) is 1. The number of esters is 1. The van der Waals surface area contributed by atoms with Crippen LogP contribution in [0.2, 0.25) is 0 Å². The Bertz CT molecular complexity index is 629. The van der Waals surface area contributed by atoms with E-state index in [-0.39, 0.29) is 23.4 Å². The van der Waals surface area contributed by atoms with Gasteiger partial charge in [0.15, 0.2) is 5.78 Å². The number of allylic oxidation sites excluding steroid dienone is 1. The predicted octanol–water partition coefficient (Wildman–Crippen LogP) is 2.99. The van der Waals surface area contributed by atoms with Crippen LogP contribution in [0.3, 0.4) is 0 Å². The summed E-state index contributed by atoms with van der Waals surface area (Å²) < 4.78 is 5.20. The highest BCUT2D eigenvalue weighted by atomic mass is 16.5. The third-order valence-electron chi connectivity index (χ3n) is 4.34. The van der Waals surface area contributed by atoms with Crippen molar-refractivity contribution in [1.29, 1.82) is 0 Å². The van der Waals surface area contributed by atoms with Crippen molar-refractivity contribution in [3.05, 3.63) is 41.0 Å². The van der Waals surface area contributed by atoms with Gasteiger partial charge in [0.2, 0.25) is 0 Å². The summed E-state index contributed by atoms with van der Waals surface area (Å²) in [5, 5.41) is 10.5. The summed E-state index contributed by atoms with van der Waals surface area (Å²) in [6.45, 7) is 2.08. The fraction of sp³-hybridized carbons (Fsp3) is 0.412. The minimum absolute atomic E-state index is 0.0425. The molecule has 1 saturated carbocycles. The number of carbonyl (C=O) groups is 2. The largest absolute Gasteiger partial charge is 0.507 e. The standard InChI is InChI=1S/C17H18O4/c1-2-21-17(20)14-10-6-3-4-7-11(10)16(19)15-12(14)8-5-9-13(15)18/h3-4,6-7,12,14,19H,2,5,8-9H2,1H3/t12-,14+/m1/s1. The maximum absolute atomic E-state index is 12.4. The third-order valence-corrected chi connectivity index (χ3v) is 4.34. The van der Waals surface area contributed by atoms with Gasteiger partial charge in [-0.3, -0.25) is 9.59 Å². The van der Waals surface area contributed by atoms with E-state index in [1.165, 1.54) is 0 Å². The van der Waals surface area contributed by atoms with Crippen molar-refractivity contribution in [2.24, 2.45) is 5.92 Å². The van der Waals surface area contributed by atoms with Crippen molar-refractivity contribution in [3.63, 3.8) is 0 Å². The van der Waals surface area contributed by atoms with E-state index in [1.807, 2.05) is 12.1 Å². The van der Waals surface area contributed by atoms with Gasteiger partial charge in [0, 0.05) is 23.5 Å². The van der Waals surface area contributed by atoms with Crippen LogP contribution in [0.4, 0.5) is 0 Å². The molecule has 2 atom stereocenters. The second-order valence-corrected chi connectivity index (χ2v) is 5.50. The van der Waals surface area contributed by atoms with Gasteiger partial charge >= 0.3 is 5.97 Å². The third kappa shape index (κ3) is 2.15. The minimum Gasteiger partial charge on any atom is -0.507 e. The molecule has 0 spiro atoms. The van der Waals surface area contributed by atoms with Crippen LogP contribution in [0.15, 0.2) is 29.8 Å². The second-order valence-electron chi connectivity index (χ2n) is 5.50. The van der Waals surface area contributed by atoms with E-state index in [9.17, 15) is 14.7 Å². The molecule has 0 aromatic heterocycles. The number of aliphatic hydroxyl groups excluding tert-OH is 1. The van der Waals surface area contributed by atoms with E-state index in [0.29, 0.717) is 24.2 Å². The number of aliphatic hydroxyl groups is 1. The average Bonchev–Trinajstić information content (AvgIpc) is 2.48. The molecule has 0 unspecified atom stereocenters. The molecule has 0 heterocycles. The number of hydrogen-bond acceptors (Lipinski definition) is 4. The normalized spacial score (nSPS) is 24.3. The lowest BCUT2D eigenvalue weighted by atomic mass is 9.68. The zero-order valence-electron chi connectivity index (χ0n) is 12.0. The lowest BCUT2D eigenvalue weighted by Gasteiger charge is -2.35. The number of Topliss-reactive ketones (excluding diaryl/α,β-unsaturated/α-hetero) is 1. The van der Waals surface area contributed by atoms with Crippen LogP contribution in [-0.4, -0.2) is 23.5 Å². The first-order chi connectivity index (χ1) is 10.1. The molecule has 0 radical (unpaired) electrons. The first-order valence-corrected chi connectivity index (χ1v) is 7.37. The number of carbonyl (C=O) groups excluding carboxylic acids is 2. The fourth-order valence-corrected chi connectivity index (χ4v) is 3.48. The average molecular weight is 286 g/mol. The van der Waals surface area contributed by atoms with E-state index in [2.05, 4.69) is 0 Å². The van der Waals surface area contributed by atoms with Gasteiger partial charge in [-0.2, -0.15) is 0 Å². The lowest BCUT2D eigenvalue weighted by molar-refractivity contribution is -0.146. The van der Waals surface area contributed by atoms with Gasteiger partial charge in [-0.05, 0) is 25.3 Å². The lowest BCUT2D eigenvalue weighted by Crippen LogP contribution is -2.34. The van der Waals surface area contributed by atoms with Crippen LogP contribution in [-0.2, 0) is 14.3 Å². The fourth-order valence-electron chi connectivity index (χ4n) is 3.48. The zero-order valence-corrected chi connectivity index (χ0v) is 12.0. The van der Waals surface area contributed by atoms with Crippen molar-refractivity contribution in [2.45, 2.75) is 32.1 Å². The molecule has 1 aromatic rings. The summed E-state index contributed by atoms with van der Waals surface area (Å²) in [6, 6.07) is 7.23. The van der Waals surface area contributed by atoms with Crippen LogP contribution in [0.5, 0.6) is 0 Å². The Morgan fingerprint density at radius 1 is 1.38 bits per heavy atom. The van der Waals surface area contributed by atoms with Gasteiger partial charge in [-0.1, -0.05) is 24.3 Å². The van der Waals surface area contributed by atoms with E-state index < -0.39 is 5.92 Å². The Balaban J connectivity index is 2.17. The van der Waals surface area contributed by atoms with Gasteiger partial charge < -0.3 is 9.84 Å². The second kappa shape index (κ2) is 5.35. The highest BCUT2D eigenvalue weighted by Gasteiger charge is 2.44. The number of benzene rings is 1. The van der Waals surface area contributed by atoms with Crippen molar-refractivity contribution < 1.29 is 19.4 Å². The van der Waals surface area contributed by atoms with E-state index in [0.717, 1.165) is 18.4 Å². The number of ketones is 1. The summed E-state index contributed by atoms with van der Waals surface area (Å²) in [7, 11) is 0. The van der Waals surface area contributed by atoms with Crippen molar-refractivity contribution in [1.82, 2.24) is 0 Å². The highest BCUT2D eigenvalue weighted by Crippen LogP contribution is 2.47. The molecular formula is C17H18O4. The Hall–Kier alpha value is -2.10. The van der Waals surface area contributed by atoms with E-state index >= 15 is 0 Å². The molecule has 2 aliphatic rings. The molecule has 21 heavy (non-hydrogen) atoms. The van der Waals surface area contributed by atoms with Crippen LogP contribution < -0.4 is 0 Å². The van der Waals surface area contributed by atoms with Crippen LogP contribution in [0.25, 0.3) is 5.76 Å².